The van der Waals surface area contributed by atoms with E-state index >= 15 is 0 Å². The van der Waals surface area contributed by atoms with Crippen molar-refractivity contribution in [3.05, 3.63) is 48.6 Å². The predicted molar refractivity (Wildman–Crippen MR) is 80.0 cm³/mol. The first-order chi connectivity index (χ1) is 9.26. The summed E-state index contributed by atoms with van der Waals surface area (Å²) in [6.07, 6.45) is 6.19. The standard InChI is InChI=1S/C17H26O2/c1-3-5-12-17(13-16(18)9-4-2)19-14-15-10-7-6-8-11-15/h4,6-8,10-11,16-18H,2-3,5,9,12-14H2,1H3/t16-,17-/m1/s1. The number of aliphatic hydroxyl groups excluding tert-OH is 1. The molecule has 19 heavy (non-hydrogen) atoms. The molecule has 0 aliphatic carbocycles. The van der Waals surface area contributed by atoms with Crippen LogP contribution in [0.2, 0.25) is 0 Å². The number of ether oxygens (including phenoxy) is 1. The maximum atomic E-state index is 9.86. The maximum absolute atomic E-state index is 9.86. The first kappa shape index (κ1) is 15.9. The molecule has 0 bridgehead atoms. The normalized spacial score (nSPS) is 14.0. The van der Waals surface area contributed by atoms with Gasteiger partial charge < -0.3 is 9.84 Å². The highest BCUT2D eigenvalue weighted by atomic mass is 16.5. The van der Waals surface area contributed by atoms with Crippen molar-refractivity contribution in [2.75, 3.05) is 0 Å². The summed E-state index contributed by atoms with van der Waals surface area (Å²) in [5.41, 5.74) is 1.18. The van der Waals surface area contributed by atoms with E-state index in [0.717, 1.165) is 19.3 Å². The van der Waals surface area contributed by atoms with E-state index < -0.39 is 0 Å². The van der Waals surface area contributed by atoms with E-state index in [-0.39, 0.29) is 12.2 Å². The lowest BCUT2D eigenvalue weighted by atomic mass is 10.0. The number of hydrogen-bond donors (Lipinski definition) is 1. The molecule has 0 saturated heterocycles. The number of hydrogen-bond acceptors (Lipinski definition) is 2. The van der Waals surface area contributed by atoms with E-state index in [1.807, 2.05) is 18.2 Å². The first-order valence-electron chi connectivity index (χ1n) is 7.20. The summed E-state index contributed by atoms with van der Waals surface area (Å²) >= 11 is 0. The molecule has 2 nitrogen and oxygen atoms in total. The lowest BCUT2D eigenvalue weighted by Crippen LogP contribution is -2.20. The molecule has 0 radical (unpaired) electrons. The molecule has 0 spiro atoms. The summed E-state index contributed by atoms with van der Waals surface area (Å²) in [4.78, 5) is 0. The Balaban J connectivity index is 2.42. The topological polar surface area (TPSA) is 29.5 Å². The SMILES string of the molecule is C=CC[C@@H](O)C[C@@H](CCCC)OCc1ccccc1. The molecule has 2 atom stereocenters. The second-order valence-electron chi connectivity index (χ2n) is 4.97. The van der Waals surface area contributed by atoms with E-state index in [4.69, 9.17) is 4.74 Å². The van der Waals surface area contributed by atoms with Crippen molar-refractivity contribution in [3.63, 3.8) is 0 Å². The van der Waals surface area contributed by atoms with Crippen molar-refractivity contribution in [3.8, 4) is 0 Å². The summed E-state index contributed by atoms with van der Waals surface area (Å²) in [7, 11) is 0. The Labute approximate surface area is 117 Å². The van der Waals surface area contributed by atoms with Crippen LogP contribution in [0.1, 0.15) is 44.6 Å². The lowest BCUT2D eigenvalue weighted by molar-refractivity contribution is -0.000956. The summed E-state index contributed by atoms with van der Waals surface area (Å²) < 4.78 is 5.95. The van der Waals surface area contributed by atoms with E-state index in [1.54, 1.807) is 6.08 Å². The zero-order valence-corrected chi connectivity index (χ0v) is 11.9. The van der Waals surface area contributed by atoms with Crippen LogP contribution < -0.4 is 0 Å². The molecule has 0 amide bonds. The van der Waals surface area contributed by atoms with Gasteiger partial charge in [0.15, 0.2) is 0 Å². The summed E-state index contributed by atoms with van der Waals surface area (Å²) in [5.74, 6) is 0. The van der Waals surface area contributed by atoms with E-state index in [2.05, 4.69) is 25.6 Å². The number of aliphatic hydroxyl groups is 1. The van der Waals surface area contributed by atoms with Crippen molar-refractivity contribution in [1.82, 2.24) is 0 Å². The maximum Gasteiger partial charge on any atom is 0.0720 e. The van der Waals surface area contributed by atoms with Crippen molar-refractivity contribution in [2.24, 2.45) is 0 Å². The van der Waals surface area contributed by atoms with Gasteiger partial charge in [0.25, 0.3) is 0 Å². The minimum absolute atomic E-state index is 0.134. The van der Waals surface area contributed by atoms with Gasteiger partial charge in [-0.15, -0.1) is 6.58 Å². The molecule has 1 aromatic rings. The van der Waals surface area contributed by atoms with Crippen LogP contribution in [0.5, 0.6) is 0 Å². The third kappa shape index (κ3) is 7.14. The Morgan fingerprint density at radius 1 is 1.32 bits per heavy atom. The van der Waals surface area contributed by atoms with Gasteiger partial charge in [-0.1, -0.05) is 56.2 Å². The Hall–Kier alpha value is -1.12. The van der Waals surface area contributed by atoms with E-state index in [1.165, 1.54) is 5.56 Å². The second-order valence-corrected chi connectivity index (χ2v) is 4.97. The van der Waals surface area contributed by atoms with Gasteiger partial charge in [0, 0.05) is 0 Å². The van der Waals surface area contributed by atoms with Crippen LogP contribution in [0.25, 0.3) is 0 Å². The van der Waals surface area contributed by atoms with Crippen LogP contribution in [0.3, 0.4) is 0 Å². The van der Waals surface area contributed by atoms with Crippen LogP contribution in [0, 0.1) is 0 Å². The minimum atomic E-state index is -0.338. The van der Waals surface area contributed by atoms with Gasteiger partial charge in [-0.3, -0.25) is 0 Å². The Bertz CT molecular complexity index is 334. The molecule has 1 rings (SSSR count). The molecule has 0 aliphatic heterocycles. The minimum Gasteiger partial charge on any atom is -0.393 e. The Kier molecular flexibility index (Phi) is 8.19. The summed E-state index contributed by atoms with van der Waals surface area (Å²) in [6, 6.07) is 10.2. The highest BCUT2D eigenvalue weighted by Gasteiger charge is 2.14. The second kappa shape index (κ2) is 9.76. The third-order valence-electron chi connectivity index (χ3n) is 3.18. The lowest BCUT2D eigenvalue weighted by Gasteiger charge is -2.20. The molecule has 0 heterocycles. The quantitative estimate of drug-likeness (QED) is 0.644. The van der Waals surface area contributed by atoms with Gasteiger partial charge in [-0.25, -0.2) is 0 Å². The van der Waals surface area contributed by atoms with Crippen molar-refractivity contribution < 1.29 is 9.84 Å². The summed E-state index contributed by atoms with van der Waals surface area (Å²) in [5, 5.41) is 9.86. The zero-order valence-electron chi connectivity index (χ0n) is 11.9. The van der Waals surface area contributed by atoms with Gasteiger partial charge in [-0.2, -0.15) is 0 Å². The van der Waals surface area contributed by atoms with Crippen LogP contribution in [0.4, 0.5) is 0 Å². The van der Waals surface area contributed by atoms with Crippen LogP contribution in [-0.2, 0) is 11.3 Å². The average Bonchev–Trinajstić information content (AvgIpc) is 2.43. The molecular weight excluding hydrogens is 236 g/mol. The Morgan fingerprint density at radius 3 is 2.68 bits per heavy atom. The molecule has 0 fully saturated rings. The average molecular weight is 262 g/mol. The largest absolute Gasteiger partial charge is 0.393 e. The van der Waals surface area contributed by atoms with Crippen LogP contribution in [0.15, 0.2) is 43.0 Å². The van der Waals surface area contributed by atoms with Crippen molar-refractivity contribution in [2.45, 2.75) is 57.8 Å². The Morgan fingerprint density at radius 2 is 2.05 bits per heavy atom. The fourth-order valence-corrected chi connectivity index (χ4v) is 2.08. The highest BCUT2D eigenvalue weighted by Crippen LogP contribution is 2.15. The first-order valence-corrected chi connectivity index (χ1v) is 7.20. The fraction of sp³-hybridized carbons (Fsp3) is 0.529. The molecule has 1 N–H and O–H groups in total. The molecule has 106 valence electrons. The van der Waals surface area contributed by atoms with Gasteiger partial charge in [-0.05, 0) is 24.8 Å². The molecule has 2 heteroatoms. The van der Waals surface area contributed by atoms with Gasteiger partial charge in [0.05, 0.1) is 18.8 Å². The predicted octanol–water partition coefficient (Wildman–Crippen LogP) is 4.09. The molecule has 1 aromatic carbocycles. The fourth-order valence-electron chi connectivity index (χ4n) is 2.08. The molecule has 0 unspecified atom stereocenters. The van der Waals surface area contributed by atoms with Gasteiger partial charge >= 0.3 is 0 Å². The molecule has 0 aliphatic rings. The summed E-state index contributed by atoms with van der Waals surface area (Å²) in [6.45, 7) is 6.46. The molecule has 0 saturated carbocycles. The van der Waals surface area contributed by atoms with Crippen LogP contribution >= 0.6 is 0 Å². The monoisotopic (exact) mass is 262 g/mol. The molecule has 0 aromatic heterocycles. The highest BCUT2D eigenvalue weighted by molar-refractivity contribution is 5.13. The van der Waals surface area contributed by atoms with E-state index in [0.29, 0.717) is 19.4 Å². The zero-order chi connectivity index (χ0) is 13.9. The van der Waals surface area contributed by atoms with Crippen molar-refractivity contribution >= 4 is 0 Å². The van der Waals surface area contributed by atoms with Crippen molar-refractivity contribution in [1.29, 1.82) is 0 Å². The van der Waals surface area contributed by atoms with Gasteiger partial charge in [0.2, 0.25) is 0 Å². The smallest absolute Gasteiger partial charge is 0.0720 e. The number of rotatable bonds is 10. The molecular formula is C17H26O2. The van der Waals surface area contributed by atoms with E-state index in [9.17, 15) is 5.11 Å². The van der Waals surface area contributed by atoms with Gasteiger partial charge in [0.1, 0.15) is 0 Å². The number of unbranched alkanes of at least 4 members (excludes halogenated alkanes) is 1. The van der Waals surface area contributed by atoms with Crippen LogP contribution in [-0.4, -0.2) is 17.3 Å². The number of benzene rings is 1. The third-order valence-corrected chi connectivity index (χ3v) is 3.18.